The maximum atomic E-state index is 13.1. The number of anilines is 2. The molecule has 1 heterocycles. The van der Waals surface area contributed by atoms with Crippen LogP contribution >= 0.6 is 0 Å². The van der Waals surface area contributed by atoms with Crippen LogP contribution < -0.4 is 15.4 Å². The molecule has 0 saturated heterocycles. The van der Waals surface area contributed by atoms with Gasteiger partial charge in [-0.3, -0.25) is 0 Å². The summed E-state index contributed by atoms with van der Waals surface area (Å²) >= 11 is 0. The number of hydrogen-bond acceptors (Lipinski definition) is 6. The van der Waals surface area contributed by atoms with Gasteiger partial charge in [0, 0.05) is 13.1 Å². The third-order valence-electron chi connectivity index (χ3n) is 2.57. The van der Waals surface area contributed by atoms with E-state index in [1.54, 1.807) is 0 Å². The average Bonchev–Trinajstić information content (AvgIpc) is 2.48. The van der Waals surface area contributed by atoms with Gasteiger partial charge < -0.3 is 15.4 Å². The molecule has 6 nitrogen and oxygen atoms in total. The lowest BCUT2D eigenvalue weighted by molar-refractivity contribution is 0.379. The van der Waals surface area contributed by atoms with E-state index < -0.39 is 11.6 Å². The van der Waals surface area contributed by atoms with E-state index in [1.165, 1.54) is 13.2 Å². The van der Waals surface area contributed by atoms with Gasteiger partial charge in [0.15, 0.2) is 11.6 Å². The van der Waals surface area contributed by atoms with E-state index in [1.807, 2.05) is 6.92 Å². The minimum absolute atomic E-state index is 0.161. The topological polar surface area (TPSA) is 72.0 Å². The Morgan fingerprint density at radius 3 is 2.38 bits per heavy atom. The number of nitrogens with one attached hydrogen (secondary N) is 2. The van der Waals surface area contributed by atoms with Crippen molar-refractivity contribution in [2.75, 3.05) is 24.3 Å². The summed E-state index contributed by atoms with van der Waals surface area (Å²) in [6, 6.07) is 3.83. The van der Waals surface area contributed by atoms with Gasteiger partial charge in [-0.1, -0.05) is 6.07 Å². The third-order valence-corrected chi connectivity index (χ3v) is 2.57. The standard InChI is InChI=1S/C13H15F2N5O/c1-3-16-11-18-12(20-13(19-11)21-2)17-7-8-4-5-9(14)10(15)6-8/h4-6H,3,7H2,1-2H3,(H2,16,17,18,19,20). The van der Waals surface area contributed by atoms with Crippen LogP contribution in [0, 0.1) is 11.6 Å². The van der Waals surface area contributed by atoms with Gasteiger partial charge in [0.25, 0.3) is 0 Å². The fourth-order valence-corrected chi connectivity index (χ4v) is 1.59. The minimum Gasteiger partial charge on any atom is -0.467 e. The Morgan fingerprint density at radius 1 is 1.05 bits per heavy atom. The van der Waals surface area contributed by atoms with E-state index in [-0.39, 0.29) is 18.5 Å². The van der Waals surface area contributed by atoms with Crippen molar-refractivity contribution in [2.24, 2.45) is 0 Å². The molecule has 8 heteroatoms. The molecule has 0 aliphatic carbocycles. The fourth-order valence-electron chi connectivity index (χ4n) is 1.59. The van der Waals surface area contributed by atoms with E-state index in [9.17, 15) is 8.78 Å². The van der Waals surface area contributed by atoms with E-state index in [0.29, 0.717) is 18.1 Å². The van der Waals surface area contributed by atoms with Gasteiger partial charge in [-0.15, -0.1) is 0 Å². The Balaban J connectivity index is 2.11. The van der Waals surface area contributed by atoms with E-state index >= 15 is 0 Å². The largest absolute Gasteiger partial charge is 0.467 e. The number of hydrogen-bond donors (Lipinski definition) is 2. The van der Waals surface area contributed by atoms with Crippen LogP contribution in [0.4, 0.5) is 20.7 Å². The van der Waals surface area contributed by atoms with E-state index in [2.05, 4.69) is 25.6 Å². The van der Waals surface area contributed by atoms with Gasteiger partial charge in [0.2, 0.25) is 11.9 Å². The molecule has 0 unspecified atom stereocenters. The second-order valence-corrected chi connectivity index (χ2v) is 4.10. The van der Waals surface area contributed by atoms with Gasteiger partial charge >= 0.3 is 6.01 Å². The Labute approximate surface area is 120 Å². The molecule has 0 fully saturated rings. The molecule has 2 aromatic rings. The first kappa shape index (κ1) is 14.9. The van der Waals surface area contributed by atoms with Crippen LogP contribution in [0.2, 0.25) is 0 Å². The van der Waals surface area contributed by atoms with Crippen molar-refractivity contribution in [3.63, 3.8) is 0 Å². The van der Waals surface area contributed by atoms with Crippen molar-refractivity contribution < 1.29 is 13.5 Å². The molecule has 0 saturated carbocycles. The molecule has 0 atom stereocenters. The number of aromatic nitrogens is 3. The van der Waals surface area contributed by atoms with Crippen LogP contribution in [0.3, 0.4) is 0 Å². The molecule has 21 heavy (non-hydrogen) atoms. The first-order valence-electron chi connectivity index (χ1n) is 6.34. The lowest BCUT2D eigenvalue weighted by atomic mass is 10.2. The van der Waals surface area contributed by atoms with Gasteiger partial charge in [-0.05, 0) is 24.6 Å². The molecular weight excluding hydrogens is 280 g/mol. The van der Waals surface area contributed by atoms with Crippen molar-refractivity contribution >= 4 is 11.9 Å². The minimum atomic E-state index is -0.893. The van der Waals surface area contributed by atoms with Crippen molar-refractivity contribution in [3.8, 4) is 6.01 Å². The van der Waals surface area contributed by atoms with Gasteiger partial charge in [0.05, 0.1) is 7.11 Å². The Bertz CT molecular complexity index is 624. The third kappa shape index (κ3) is 3.98. The molecule has 2 N–H and O–H groups in total. The van der Waals surface area contributed by atoms with Gasteiger partial charge in [-0.2, -0.15) is 15.0 Å². The predicted octanol–water partition coefficient (Wildman–Crippen LogP) is 2.20. The number of benzene rings is 1. The summed E-state index contributed by atoms with van der Waals surface area (Å²) in [4.78, 5) is 12.2. The molecule has 112 valence electrons. The highest BCUT2D eigenvalue weighted by Gasteiger charge is 2.07. The molecule has 0 bridgehead atoms. The maximum Gasteiger partial charge on any atom is 0.322 e. The second kappa shape index (κ2) is 6.78. The fraction of sp³-hybridized carbons (Fsp3) is 0.308. The molecule has 2 rings (SSSR count). The summed E-state index contributed by atoms with van der Waals surface area (Å²) < 4.78 is 30.9. The van der Waals surface area contributed by atoms with Crippen molar-refractivity contribution in [2.45, 2.75) is 13.5 Å². The first-order chi connectivity index (χ1) is 10.1. The second-order valence-electron chi connectivity index (χ2n) is 4.10. The van der Waals surface area contributed by atoms with Crippen LogP contribution in [0.1, 0.15) is 12.5 Å². The smallest absolute Gasteiger partial charge is 0.322 e. The molecule has 1 aromatic carbocycles. The van der Waals surface area contributed by atoms with Crippen LogP contribution in [0.25, 0.3) is 0 Å². The number of nitrogens with zero attached hydrogens (tertiary/aromatic N) is 3. The SMILES string of the molecule is CCNc1nc(NCc2ccc(F)c(F)c2)nc(OC)n1. The summed E-state index contributed by atoms with van der Waals surface area (Å²) in [5, 5.41) is 5.86. The van der Waals surface area contributed by atoms with Gasteiger partial charge in [-0.25, -0.2) is 8.78 Å². The molecule has 0 aliphatic rings. The maximum absolute atomic E-state index is 13.1. The summed E-state index contributed by atoms with van der Waals surface area (Å²) in [5.74, 6) is -1.12. The highest BCUT2D eigenvalue weighted by molar-refractivity contribution is 5.36. The zero-order valence-electron chi connectivity index (χ0n) is 11.7. The number of methoxy groups -OCH3 is 1. The van der Waals surface area contributed by atoms with Crippen LogP contribution in [0.15, 0.2) is 18.2 Å². The molecule has 1 aromatic heterocycles. The zero-order chi connectivity index (χ0) is 15.2. The molecule has 0 radical (unpaired) electrons. The Morgan fingerprint density at radius 2 is 1.76 bits per heavy atom. The lowest BCUT2D eigenvalue weighted by Gasteiger charge is -2.08. The molecule has 0 aliphatic heterocycles. The number of halogens is 2. The van der Waals surface area contributed by atoms with Crippen molar-refractivity contribution in [1.82, 2.24) is 15.0 Å². The van der Waals surface area contributed by atoms with Crippen LogP contribution in [-0.4, -0.2) is 28.6 Å². The van der Waals surface area contributed by atoms with Crippen molar-refractivity contribution in [3.05, 3.63) is 35.4 Å². The quantitative estimate of drug-likeness (QED) is 0.851. The predicted molar refractivity (Wildman–Crippen MR) is 74.2 cm³/mol. The molecular formula is C13H15F2N5O. The molecule has 0 amide bonds. The summed E-state index contributed by atoms with van der Waals surface area (Å²) in [6.07, 6.45) is 0. The summed E-state index contributed by atoms with van der Waals surface area (Å²) in [6.45, 7) is 2.80. The van der Waals surface area contributed by atoms with Crippen LogP contribution in [0.5, 0.6) is 6.01 Å². The van der Waals surface area contributed by atoms with Crippen LogP contribution in [-0.2, 0) is 6.54 Å². The Kier molecular flexibility index (Phi) is 4.81. The number of rotatable bonds is 6. The summed E-state index contributed by atoms with van der Waals surface area (Å²) in [7, 11) is 1.45. The summed E-state index contributed by atoms with van der Waals surface area (Å²) in [5.41, 5.74) is 0.568. The molecule has 0 spiro atoms. The first-order valence-corrected chi connectivity index (χ1v) is 6.34. The van der Waals surface area contributed by atoms with E-state index in [4.69, 9.17) is 4.74 Å². The normalized spacial score (nSPS) is 10.3. The zero-order valence-corrected chi connectivity index (χ0v) is 11.7. The average molecular weight is 295 g/mol. The number of ether oxygens (including phenoxy) is 1. The Hall–Kier alpha value is -2.51. The lowest BCUT2D eigenvalue weighted by Crippen LogP contribution is -2.10. The van der Waals surface area contributed by atoms with Crippen molar-refractivity contribution in [1.29, 1.82) is 0 Å². The van der Waals surface area contributed by atoms with E-state index in [0.717, 1.165) is 12.1 Å². The monoisotopic (exact) mass is 295 g/mol. The highest BCUT2D eigenvalue weighted by Crippen LogP contribution is 2.13. The van der Waals surface area contributed by atoms with Gasteiger partial charge in [0.1, 0.15) is 0 Å². The highest BCUT2D eigenvalue weighted by atomic mass is 19.2.